The van der Waals surface area contributed by atoms with Crippen LogP contribution in [0.2, 0.25) is 0 Å². The van der Waals surface area contributed by atoms with Gasteiger partial charge in [0.05, 0.1) is 0 Å². The number of methoxy groups -OCH3 is 1. The Morgan fingerprint density at radius 3 is 2.32 bits per heavy atom. The predicted octanol–water partition coefficient (Wildman–Crippen LogP) is 0.987. The highest BCUT2D eigenvalue weighted by Crippen LogP contribution is 2.11. The van der Waals surface area contributed by atoms with Gasteiger partial charge in [0.2, 0.25) is 5.91 Å². The molecule has 6 heteroatoms. The van der Waals surface area contributed by atoms with Gasteiger partial charge in [-0.15, -0.1) is 0 Å². The smallest absolute Gasteiger partial charge is 0.337 e. The summed E-state index contributed by atoms with van der Waals surface area (Å²) >= 11 is 0. The normalized spacial score (nSPS) is 14.0. The molecule has 0 heterocycles. The van der Waals surface area contributed by atoms with Crippen LogP contribution in [-0.2, 0) is 25.6 Å². The van der Waals surface area contributed by atoms with Gasteiger partial charge in [-0.05, 0) is 26.3 Å². The van der Waals surface area contributed by atoms with Crippen molar-refractivity contribution >= 4 is 11.9 Å². The number of hydrogen-bond donors (Lipinski definition) is 2. The number of ether oxygens (including phenoxy) is 2. The van der Waals surface area contributed by atoms with Gasteiger partial charge in [-0.2, -0.15) is 0 Å². The van der Waals surface area contributed by atoms with Crippen LogP contribution in [0.15, 0.2) is 30.3 Å². The maximum atomic E-state index is 12.1. The lowest BCUT2D eigenvalue weighted by molar-refractivity contribution is -0.169. The number of benzene rings is 1. The van der Waals surface area contributed by atoms with E-state index in [1.165, 1.54) is 7.11 Å². The number of rotatable bonds is 6. The average molecular weight is 308 g/mol. The topological polar surface area (TPSA) is 90.7 Å². The van der Waals surface area contributed by atoms with E-state index in [4.69, 9.17) is 15.2 Å². The van der Waals surface area contributed by atoms with Crippen molar-refractivity contribution in [2.45, 2.75) is 45.1 Å². The zero-order valence-electron chi connectivity index (χ0n) is 13.5. The van der Waals surface area contributed by atoms with Crippen molar-refractivity contribution in [2.24, 2.45) is 5.73 Å². The van der Waals surface area contributed by atoms with E-state index in [0.717, 1.165) is 5.56 Å². The van der Waals surface area contributed by atoms with Crippen LogP contribution in [0, 0.1) is 0 Å². The van der Waals surface area contributed by atoms with E-state index in [2.05, 4.69) is 5.32 Å². The molecule has 6 nitrogen and oxygen atoms in total. The minimum absolute atomic E-state index is 0.331. The Morgan fingerprint density at radius 1 is 1.23 bits per heavy atom. The number of nitrogens with two attached hydrogens (primary N) is 1. The third-order valence-electron chi connectivity index (χ3n) is 2.83. The Labute approximate surface area is 131 Å². The Hall–Kier alpha value is -1.92. The van der Waals surface area contributed by atoms with Crippen LogP contribution in [0.1, 0.15) is 26.3 Å². The fourth-order valence-electron chi connectivity index (χ4n) is 1.79. The molecule has 3 N–H and O–H groups in total. The maximum Gasteiger partial charge on any atom is 0.337 e. The van der Waals surface area contributed by atoms with Crippen molar-refractivity contribution in [1.29, 1.82) is 0 Å². The molecule has 0 saturated carbocycles. The molecule has 0 bridgehead atoms. The SMILES string of the molecule is COC(C(=O)OC(C)(C)C)C(N)C(=O)NCc1ccccc1. The van der Waals surface area contributed by atoms with Gasteiger partial charge in [0.15, 0.2) is 6.10 Å². The van der Waals surface area contributed by atoms with Crippen LogP contribution in [-0.4, -0.2) is 36.7 Å². The molecule has 122 valence electrons. The summed E-state index contributed by atoms with van der Waals surface area (Å²) in [4.78, 5) is 24.1. The largest absolute Gasteiger partial charge is 0.458 e. The molecule has 0 aromatic heterocycles. The van der Waals surface area contributed by atoms with Gasteiger partial charge in [-0.3, -0.25) is 4.79 Å². The van der Waals surface area contributed by atoms with Crippen molar-refractivity contribution in [1.82, 2.24) is 5.32 Å². The summed E-state index contributed by atoms with van der Waals surface area (Å²) in [5.41, 5.74) is 6.08. The Kier molecular flexibility index (Phi) is 6.52. The molecule has 0 aliphatic carbocycles. The minimum Gasteiger partial charge on any atom is -0.458 e. The predicted molar refractivity (Wildman–Crippen MR) is 82.9 cm³/mol. The second-order valence-electron chi connectivity index (χ2n) is 5.92. The van der Waals surface area contributed by atoms with Crippen LogP contribution in [0.5, 0.6) is 0 Å². The standard InChI is InChI=1S/C16H24N2O4/c1-16(2,3)22-15(20)13(21-4)12(17)14(19)18-10-11-8-6-5-7-9-11/h5-9,12-13H,10,17H2,1-4H3,(H,18,19). The molecule has 0 aliphatic rings. The van der Waals surface area contributed by atoms with Crippen molar-refractivity contribution in [3.63, 3.8) is 0 Å². The van der Waals surface area contributed by atoms with E-state index < -0.39 is 29.6 Å². The Bertz CT molecular complexity index is 497. The molecule has 0 fully saturated rings. The molecule has 1 aromatic rings. The summed E-state index contributed by atoms with van der Waals surface area (Å²) in [5, 5.41) is 2.68. The molecule has 0 spiro atoms. The van der Waals surface area contributed by atoms with Crippen LogP contribution >= 0.6 is 0 Å². The van der Waals surface area contributed by atoms with E-state index in [1.807, 2.05) is 30.3 Å². The van der Waals surface area contributed by atoms with E-state index in [9.17, 15) is 9.59 Å². The Balaban J connectivity index is 2.60. The van der Waals surface area contributed by atoms with Gasteiger partial charge < -0.3 is 20.5 Å². The summed E-state index contributed by atoms with van der Waals surface area (Å²) in [6.07, 6.45) is -1.14. The van der Waals surface area contributed by atoms with Crippen LogP contribution < -0.4 is 11.1 Å². The lowest BCUT2D eigenvalue weighted by Gasteiger charge is -2.25. The molecular weight excluding hydrogens is 284 g/mol. The average Bonchev–Trinajstić information content (AvgIpc) is 2.44. The van der Waals surface area contributed by atoms with E-state index in [-0.39, 0.29) is 0 Å². The fraction of sp³-hybridized carbons (Fsp3) is 0.500. The molecule has 2 atom stereocenters. The lowest BCUT2D eigenvalue weighted by Crippen LogP contribution is -2.53. The highest BCUT2D eigenvalue weighted by atomic mass is 16.6. The van der Waals surface area contributed by atoms with Gasteiger partial charge in [-0.25, -0.2) is 4.79 Å². The zero-order chi connectivity index (χ0) is 16.8. The first-order valence-corrected chi connectivity index (χ1v) is 7.07. The van der Waals surface area contributed by atoms with Crippen molar-refractivity contribution in [3.05, 3.63) is 35.9 Å². The van der Waals surface area contributed by atoms with Gasteiger partial charge in [0.1, 0.15) is 11.6 Å². The van der Waals surface area contributed by atoms with E-state index >= 15 is 0 Å². The molecule has 22 heavy (non-hydrogen) atoms. The first-order valence-electron chi connectivity index (χ1n) is 7.07. The van der Waals surface area contributed by atoms with Crippen LogP contribution in [0.25, 0.3) is 0 Å². The third-order valence-corrected chi connectivity index (χ3v) is 2.83. The molecule has 0 radical (unpaired) electrons. The Morgan fingerprint density at radius 2 is 1.82 bits per heavy atom. The van der Waals surface area contributed by atoms with Gasteiger partial charge in [-0.1, -0.05) is 30.3 Å². The molecule has 2 unspecified atom stereocenters. The number of hydrogen-bond acceptors (Lipinski definition) is 5. The number of nitrogens with one attached hydrogen (secondary N) is 1. The van der Waals surface area contributed by atoms with E-state index in [0.29, 0.717) is 6.54 Å². The second-order valence-corrected chi connectivity index (χ2v) is 5.92. The minimum atomic E-state index is -1.14. The summed E-state index contributed by atoms with van der Waals surface area (Å²) in [6, 6.07) is 8.27. The van der Waals surface area contributed by atoms with Gasteiger partial charge >= 0.3 is 5.97 Å². The molecular formula is C16H24N2O4. The monoisotopic (exact) mass is 308 g/mol. The van der Waals surface area contributed by atoms with Gasteiger partial charge in [0, 0.05) is 13.7 Å². The quantitative estimate of drug-likeness (QED) is 0.765. The molecule has 1 aromatic carbocycles. The summed E-state index contributed by atoms with van der Waals surface area (Å²) < 4.78 is 10.2. The number of carbonyl (C=O) groups excluding carboxylic acids is 2. The van der Waals surface area contributed by atoms with Gasteiger partial charge in [0.25, 0.3) is 0 Å². The second kappa shape index (κ2) is 7.91. The maximum absolute atomic E-state index is 12.1. The van der Waals surface area contributed by atoms with Crippen LogP contribution in [0.3, 0.4) is 0 Å². The molecule has 1 amide bonds. The summed E-state index contributed by atoms with van der Waals surface area (Å²) in [7, 11) is 1.32. The summed E-state index contributed by atoms with van der Waals surface area (Å²) in [6.45, 7) is 5.54. The zero-order valence-corrected chi connectivity index (χ0v) is 13.5. The molecule has 0 aliphatic heterocycles. The van der Waals surface area contributed by atoms with Crippen molar-refractivity contribution < 1.29 is 19.1 Å². The van der Waals surface area contributed by atoms with Crippen molar-refractivity contribution in [3.8, 4) is 0 Å². The lowest BCUT2D eigenvalue weighted by atomic mass is 10.1. The third kappa shape index (κ3) is 5.83. The van der Waals surface area contributed by atoms with Crippen LogP contribution in [0.4, 0.5) is 0 Å². The van der Waals surface area contributed by atoms with Crippen molar-refractivity contribution in [2.75, 3.05) is 7.11 Å². The first-order chi connectivity index (χ1) is 10.2. The first kappa shape index (κ1) is 18.1. The molecule has 0 saturated heterocycles. The van der Waals surface area contributed by atoms with E-state index in [1.54, 1.807) is 20.8 Å². The molecule has 1 rings (SSSR count). The highest BCUT2D eigenvalue weighted by Gasteiger charge is 2.34. The number of esters is 1. The fourth-order valence-corrected chi connectivity index (χ4v) is 1.79. The highest BCUT2D eigenvalue weighted by molar-refractivity contribution is 5.89. The number of amides is 1. The summed E-state index contributed by atoms with van der Waals surface area (Å²) in [5.74, 6) is -1.13. The number of carbonyl (C=O) groups is 2.